The highest BCUT2D eigenvalue weighted by atomic mass is 35.5. The van der Waals surface area contributed by atoms with Gasteiger partial charge in [-0.3, -0.25) is 13.9 Å². The molecule has 0 bridgehead atoms. The molecule has 0 aromatic heterocycles. The van der Waals surface area contributed by atoms with Gasteiger partial charge in [0.15, 0.2) is 0 Å². The molecule has 0 fully saturated rings. The van der Waals surface area contributed by atoms with Crippen molar-refractivity contribution in [3.8, 4) is 0 Å². The number of rotatable bonds is 10. The molecule has 0 heterocycles. The number of hydrogen-bond acceptors (Lipinski definition) is 4. The summed E-state index contributed by atoms with van der Waals surface area (Å²) in [7, 11) is -2.09. The van der Waals surface area contributed by atoms with E-state index in [0.717, 1.165) is 17.4 Å². The molecule has 0 spiro atoms. The molecule has 0 aliphatic heterocycles. The van der Waals surface area contributed by atoms with Crippen LogP contribution in [0.1, 0.15) is 30.9 Å². The second-order valence-corrected chi connectivity index (χ2v) is 10.5. The summed E-state index contributed by atoms with van der Waals surface area (Å²) in [6, 6.07) is 11.4. The van der Waals surface area contributed by atoms with Crippen LogP contribution >= 0.6 is 23.2 Å². The molecule has 0 aliphatic rings. The molecule has 10 heteroatoms. The number of benzene rings is 2. The van der Waals surface area contributed by atoms with Crippen LogP contribution in [0.25, 0.3) is 0 Å². The monoisotopic (exact) mass is 513 g/mol. The lowest BCUT2D eigenvalue weighted by molar-refractivity contribution is -0.140. The number of anilines is 1. The first-order chi connectivity index (χ1) is 15.5. The average molecular weight is 514 g/mol. The lowest BCUT2D eigenvalue weighted by atomic mass is 10.1. The standard InChI is InChI=1S/C23H29Cl2N3O4S/c1-16-11-12-19(24)14-21(16)28(33(4,31)32)13-7-10-22(29)27(17(2)23(30)26-3)15-18-8-5-6-9-20(18)25/h5-6,8-9,11-12,14,17H,7,10,13,15H2,1-4H3,(H,26,30). The minimum absolute atomic E-state index is 0.0530. The normalized spacial score (nSPS) is 12.2. The van der Waals surface area contributed by atoms with Crippen molar-refractivity contribution in [2.24, 2.45) is 0 Å². The molecule has 1 N–H and O–H groups in total. The molecular formula is C23H29Cl2N3O4S. The second-order valence-electron chi connectivity index (χ2n) is 7.77. The number of nitrogens with one attached hydrogen (secondary N) is 1. The molecule has 180 valence electrons. The zero-order chi connectivity index (χ0) is 24.8. The summed E-state index contributed by atoms with van der Waals surface area (Å²) < 4.78 is 26.1. The van der Waals surface area contributed by atoms with Gasteiger partial charge in [0.05, 0.1) is 11.9 Å². The molecule has 33 heavy (non-hydrogen) atoms. The van der Waals surface area contributed by atoms with Gasteiger partial charge in [-0.15, -0.1) is 0 Å². The maximum Gasteiger partial charge on any atom is 0.242 e. The minimum atomic E-state index is -3.60. The van der Waals surface area contributed by atoms with Crippen LogP contribution in [0.5, 0.6) is 0 Å². The number of hydrogen-bond donors (Lipinski definition) is 1. The highest BCUT2D eigenvalue weighted by molar-refractivity contribution is 7.92. The Morgan fingerprint density at radius 1 is 1.12 bits per heavy atom. The van der Waals surface area contributed by atoms with E-state index in [2.05, 4.69) is 5.32 Å². The summed E-state index contributed by atoms with van der Waals surface area (Å²) in [4.78, 5) is 26.8. The Balaban J connectivity index is 2.19. The third kappa shape index (κ3) is 7.35. The summed E-state index contributed by atoms with van der Waals surface area (Å²) in [5.41, 5.74) is 1.95. The van der Waals surface area contributed by atoms with Crippen LogP contribution in [0, 0.1) is 6.92 Å². The van der Waals surface area contributed by atoms with E-state index in [-0.39, 0.29) is 37.7 Å². The van der Waals surface area contributed by atoms with Crippen molar-refractivity contribution in [2.75, 3.05) is 24.2 Å². The fourth-order valence-corrected chi connectivity index (χ4v) is 4.81. The lowest BCUT2D eigenvalue weighted by Crippen LogP contribution is -2.46. The number of nitrogens with zero attached hydrogens (tertiary/aromatic N) is 2. The van der Waals surface area contributed by atoms with E-state index < -0.39 is 16.1 Å². The second kappa shape index (κ2) is 11.7. The molecular weight excluding hydrogens is 485 g/mol. The van der Waals surface area contributed by atoms with E-state index >= 15 is 0 Å². The molecule has 2 amide bonds. The van der Waals surface area contributed by atoms with Gasteiger partial charge in [0.2, 0.25) is 21.8 Å². The first-order valence-corrected chi connectivity index (χ1v) is 13.0. The number of aryl methyl sites for hydroxylation is 1. The van der Waals surface area contributed by atoms with E-state index in [1.165, 1.54) is 16.3 Å². The summed E-state index contributed by atoms with van der Waals surface area (Å²) in [5, 5.41) is 3.48. The Labute approximate surface area is 205 Å². The van der Waals surface area contributed by atoms with Crippen LogP contribution in [-0.4, -0.2) is 51.0 Å². The topological polar surface area (TPSA) is 86.8 Å². The van der Waals surface area contributed by atoms with Crippen molar-refractivity contribution in [1.29, 1.82) is 0 Å². The first kappa shape index (κ1) is 27.0. The smallest absolute Gasteiger partial charge is 0.242 e. The third-order valence-electron chi connectivity index (χ3n) is 5.30. The summed E-state index contributed by atoms with van der Waals surface area (Å²) in [6.45, 7) is 3.70. The highest BCUT2D eigenvalue weighted by Crippen LogP contribution is 2.27. The lowest BCUT2D eigenvalue weighted by Gasteiger charge is -2.29. The molecule has 2 aromatic rings. The van der Waals surface area contributed by atoms with Gasteiger partial charge in [-0.1, -0.05) is 47.5 Å². The molecule has 0 radical (unpaired) electrons. The fraction of sp³-hybridized carbons (Fsp3) is 0.391. The maximum atomic E-state index is 13.1. The number of carbonyl (C=O) groups is 2. The van der Waals surface area contributed by atoms with Gasteiger partial charge in [-0.2, -0.15) is 0 Å². The molecule has 2 rings (SSSR count). The van der Waals surface area contributed by atoms with Crippen molar-refractivity contribution in [2.45, 2.75) is 39.3 Å². The van der Waals surface area contributed by atoms with Gasteiger partial charge in [0.1, 0.15) is 6.04 Å². The van der Waals surface area contributed by atoms with Crippen LogP contribution in [0.4, 0.5) is 5.69 Å². The Kier molecular flexibility index (Phi) is 9.57. The molecule has 1 atom stereocenters. The molecule has 0 aliphatic carbocycles. The van der Waals surface area contributed by atoms with E-state index in [0.29, 0.717) is 15.7 Å². The Bertz CT molecular complexity index is 1110. The number of amides is 2. The third-order valence-corrected chi connectivity index (χ3v) is 7.09. The Morgan fingerprint density at radius 2 is 1.79 bits per heavy atom. The molecule has 0 saturated carbocycles. The van der Waals surface area contributed by atoms with Crippen LogP contribution in [0.2, 0.25) is 10.0 Å². The fourth-order valence-electron chi connectivity index (χ4n) is 3.44. The largest absolute Gasteiger partial charge is 0.357 e. The zero-order valence-corrected chi connectivity index (χ0v) is 21.5. The van der Waals surface area contributed by atoms with Gasteiger partial charge in [-0.25, -0.2) is 8.42 Å². The van der Waals surface area contributed by atoms with Crippen molar-refractivity contribution in [3.63, 3.8) is 0 Å². The van der Waals surface area contributed by atoms with Crippen LogP contribution in [0.15, 0.2) is 42.5 Å². The zero-order valence-electron chi connectivity index (χ0n) is 19.1. The van der Waals surface area contributed by atoms with Gasteiger partial charge in [-0.05, 0) is 49.6 Å². The summed E-state index contributed by atoms with van der Waals surface area (Å²) in [5.74, 6) is -0.579. The van der Waals surface area contributed by atoms with Gasteiger partial charge >= 0.3 is 0 Å². The molecule has 1 unspecified atom stereocenters. The minimum Gasteiger partial charge on any atom is -0.357 e. The first-order valence-electron chi connectivity index (χ1n) is 10.4. The predicted octanol–water partition coefficient (Wildman–Crippen LogP) is 4.01. The molecule has 7 nitrogen and oxygen atoms in total. The van der Waals surface area contributed by atoms with Crippen molar-refractivity contribution in [1.82, 2.24) is 10.2 Å². The van der Waals surface area contributed by atoms with E-state index in [1.807, 2.05) is 6.07 Å². The van der Waals surface area contributed by atoms with E-state index in [9.17, 15) is 18.0 Å². The Hall–Kier alpha value is -2.29. The highest BCUT2D eigenvalue weighted by Gasteiger charge is 2.26. The average Bonchev–Trinajstić information content (AvgIpc) is 2.76. The van der Waals surface area contributed by atoms with Gasteiger partial charge in [0, 0.05) is 36.6 Å². The number of sulfonamides is 1. The van der Waals surface area contributed by atoms with Crippen LogP contribution in [0.3, 0.4) is 0 Å². The molecule has 0 saturated heterocycles. The quantitative estimate of drug-likeness (QED) is 0.519. The van der Waals surface area contributed by atoms with E-state index in [4.69, 9.17) is 23.2 Å². The van der Waals surface area contributed by atoms with Crippen LogP contribution < -0.4 is 9.62 Å². The predicted molar refractivity (Wildman–Crippen MR) is 133 cm³/mol. The number of carbonyl (C=O) groups excluding carboxylic acids is 2. The summed E-state index contributed by atoms with van der Waals surface area (Å²) >= 11 is 12.3. The van der Waals surface area contributed by atoms with E-state index in [1.54, 1.807) is 50.2 Å². The maximum absolute atomic E-state index is 13.1. The van der Waals surface area contributed by atoms with Crippen molar-refractivity contribution < 1.29 is 18.0 Å². The van der Waals surface area contributed by atoms with Gasteiger partial charge in [0.25, 0.3) is 0 Å². The van der Waals surface area contributed by atoms with Gasteiger partial charge < -0.3 is 10.2 Å². The molecule has 2 aromatic carbocycles. The number of halogens is 2. The SMILES string of the molecule is CNC(=O)C(C)N(Cc1ccccc1Cl)C(=O)CCCN(c1cc(Cl)ccc1C)S(C)(=O)=O. The van der Waals surface area contributed by atoms with Crippen LogP contribution in [-0.2, 0) is 26.2 Å². The Morgan fingerprint density at radius 3 is 2.39 bits per heavy atom. The van der Waals surface area contributed by atoms with Crippen molar-refractivity contribution in [3.05, 3.63) is 63.6 Å². The van der Waals surface area contributed by atoms with Crippen molar-refractivity contribution >= 4 is 50.7 Å². The summed E-state index contributed by atoms with van der Waals surface area (Å²) in [6.07, 6.45) is 1.43. The number of likely N-dealkylation sites (N-methyl/N-ethyl adjacent to an activating group) is 1.